The van der Waals surface area contributed by atoms with Crippen LogP contribution in [0.2, 0.25) is 15.1 Å². The Hall–Kier alpha value is -1.68. The largest absolute Gasteiger partial charge is 0.302 e. The zero-order valence-corrected chi connectivity index (χ0v) is 20.5. The number of carbonyl (C=O) groups is 1. The lowest BCUT2D eigenvalue weighted by Crippen LogP contribution is -2.41. The maximum Gasteiger partial charge on any atom is 0.243 e. The van der Waals surface area contributed by atoms with Crippen LogP contribution in [0.15, 0.2) is 52.7 Å². The summed E-state index contributed by atoms with van der Waals surface area (Å²) in [7, 11) is -3.61. The third-order valence-corrected chi connectivity index (χ3v) is 8.89. The van der Waals surface area contributed by atoms with Gasteiger partial charge in [-0.25, -0.2) is 13.4 Å². The summed E-state index contributed by atoms with van der Waals surface area (Å²) >= 11 is 19.2. The number of halogens is 3. The van der Waals surface area contributed by atoms with Crippen molar-refractivity contribution in [3.63, 3.8) is 0 Å². The van der Waals surface area contributed by atoms with Gasteiger partial charge in [0.1, 0.15) is 0 Å². The molecule has 3 aromatic rings. The zero-order valence-electron chi connectivity index (χ0n) is 16.6. The van der Waals surface area contributed by atoms with E-state index in [4.69, 9.17) is 34.8 Å². The summed E-state index contributed by atoms with van der Waals surface area (Å²) in [6.07, 6.45) is 0.868. The van der Waals surface area contributed by atoms with E-state index in [9.17, 15) is 13.2 Å². The van der Waals surface area contributed by atoms with Gasteiger partial charge in [-0.15, -0.1) is 11.3 Å². The van der Waals surface area contributed by atoms with E-state index in [2.05, 4.69) is 10.3 Å². The fraction of sp³-hybridized carbons (Fsp3) is 0.238. The molecule has 2 heterocycles. The molecule has 0 atom stereocenters. The van der Waals surface area contributed by atoms with E-state index in [1.165, 1.54) is 27.8 Å². The molecule has 0 saturated carbocycles. The van der Waals surface area contributed by atoms with Crippen LogP contribution in [0.25, 0.3) is 11.3 Å². The standard InChI is InChI=1S/C21H18Cl3N3O3S2/c22-15-2-4-16(5-3-15)32(29,30)27-9-7-13(8-10-27)20(28)26-21-25-19(12-31-21)14-1-6-17(23)18(24)11-14/h1-6,11-13H,7-10H2,(H,25,26,28). The van der Waals surface area contributed by atoms with Crippen molar-refractivity contribution < 1.29 is 13.2 Å². The van der Waals surface area contributed by atoms with Crippen LogP contribution in [0.1, 0.15) is 12.8 Å². The monoisotopic (exact) mass is 529 g/mol. The van der Waals surface area contributed by atoms with Crippen molar-refractivity contribution in [1.29, 1.82) is 0 Å². The van der Waals surface area contributed by atoms with Gasteiger partial charge in [-0.05, 0) is 49.2 Å². The van der Waals surface area contributed by atoms with Crippen molar-refractivity contribution in [2.24, 2.45) is 5.92 Å². The normalized spacial score (nSPS) is 15.6. The Morgan fingerprint density at radius 2 is 1.72 bits per heavy atom. The number of aromatic nitrogens is 1. The van der Waals surface area contributed by atoms with Crippen molar-refractivity contribution in [3.05, 3.63) is 62.9 Å². The summed E-state index contributed by atoms with van der Waals surface area (Å²) in [5.41, 5.74) is 1.49. The fourth-order valence-corrected chi connectivity index (χ4v) is 6.06. The van der Waals surface area contributed by atoms with Crippen LogP contribution in [0.3, 0.4) is 0 Å². The first-order valence-corrected chi connectivity index (χ1v) is 13.2. The molecule has 1 N–H and O–H groups in total. The average Bonchev–Trinajstić information content (AvgIpc) is 3.24. The molecule has 0 radical (unpaired) electrons. The molecule has 168 valence electrons. The van der Waals surface area contributed by atoms with Gasteiger partial charge in [0.15, 0.2) is 5.13 Å². The molecule has 0 bridgehead atoms. The topological polar surface area (TPSA) is 79.4 Å². The number of anilines is 1. The van der Waals surface area contributed by atoms with E-state index in [0.717, 1.165) is 5.56 Å². The molecule has 6 nitrogen and oxygen atoms in total. The summed E-state index contributed by atoms with van der Waals surface area (Å²) < 4.78 is 27.0. The predicted molar refractivity (Wildman–Crippen MR) is 129 cm³/mol. The van der Waals surface area contributed by atoms with Crippen LogP contribution < -0.4 is 5.32 Å². The summed E-state index contributed by atoms with van der Waals surface area (Å²) in [5, 5.41) is 6.53. The summed E-state index contributed by atoms with van der Waals surface area (Å²) in [6, 6.07) is 11.3. The van der Waals surface area contributed by atoms with Crippen molar-refractivity contribution in [2.45, 2.75) is 17.7 Å². The van der Waals surface area contributed by atoms with E-state index in [1.807, 2.05) is 11.4 Å². The summed E-state index contributed by atoms with van der Waals surface area (Å²) in [5.74, 6) is -0.451. The quantitative estimate of drug-likeness (QED) is 0.451. The highest BCUT2D eigenvalue weighted by Gasteiger charge is 2.32. The van der Waals surface area contributed by atoms with Gasteiger partial charge in [-0.3, -0.25) is 4.79 Å². The zero-order chi connectivity index (χ0) is 22.9. The van der Waals surface area contributed by atoms with Crippen LogP contribution >= 0.6 is 46.1 Å². The number of piperidine rings is 1. The van der Waals surface area contributed by atoms with E-state index in [-0.39, 0.29) is 29.8 Å². The van der Waals surface area contributed by atoms with Crippen LogP contribution in [0.4, 0.5) is 5.13 Å². The van der Waals surface area contributed by atoms with E-state index < -0.39 is 10.0 Å². The third kappa shape index (κ3) is 5.11. The lowest BCUT2D eigenvalue weighted by atomic mass is 9.97. The molecule has 1 aromatic heterocycles. The highest BCUT2D eigenvalue weighted by molar-refractivity contribution is 7.89. The predicted octanol–water partition coefficient (Wildman–Crippen LogP) is 5.81. The molecule has 1 aliphatic heterocycles. The Morgan fingerprint density at radius 1 is 1.03 bits per heavy atom. The maximum atomic E-state index is 12.8. The number of carbonyl (C=O) groups excluding carboxylic acids is 1. The van der Waals surface area contributed by atoms with Crippen LogP contribution in [0.5, 0.6) is 0 Å². The molecule has 0 spiro atoms. The van der Waals surface area contributed by atoms with E-state index in [0.29, 0.717) is 38.7 Å². The second kappa shape index (κ2) is 9.67. The summed E-state index contributed by atoms with van der Waals surface area (Å²) in [6.45, 7) is 0.547. The average molecular weight is 531 g/mol. The number of nitrogens with one attached hydrogen (secondary N) is 1. The van der Waals surface area contributed by atoms with Gasteiger partial charge in [-0.1, -0.05) is 40.9 Å². The first kappa shape index (κ1) is 23.5. The van der Waals surface area contributed by atoms with E-state index in [1.54, 1.807) is 24.3 Å². The number of rotatable bonds is 5. The first-order valence-electron chi connectivity index (χ1n) is 9.71. The number of thiazole rings is 1. The maximum absolute atomic E-state index is 12.8. The van der Waals surface area contributed by atoms with Gasteiger partial charge in [0.05, 0.1) is 20.6 Å². The molecular formula is C21H18Cl3N3O3S2. The SMILES string of the molecule is O=C(Nc1nc(-c2ccc(Cl)c(Cl)c2)cs1)C1CCN(S(=O)(=O)c2ccc(Cl)cc2)CC1. The lowest BCUT2D eigenvalue weighted by molar-refractivity contribution is -0.120. The Balaban J connectivity index is 1.36. The molecule has 11 heteroatoms. The molecule has 32 heavy (non-hydrogen) atoms. The van der Waals surface area contributed by atoms with Gasteiger partial charge in [-0.2, -0.15) is 4.31 Å². The highest BCUT2D eigenvalue weighted by atomic mass is 35.5. The third-order valence-electron chi connectivity index (χ3n) is 5.23. The number of hydrogen-bond acceptors (Lipinski definition) is 5. The molecule has 1 aliphatic rings. The van der Waals surface area contributed by atoms with Gasteiger partial charge >= 0.3 is 0 Å². The fourth-order valence-electron chi connectivity index (χ4n) is 3.44. The van der Waals surface area contributed by atoms with Crippen LogP contribution in [-0.2, 0) is 14.8 Å². The molecule has 2 aromatic carbocycles. The second-order valence-corrected chi connectivity index (χ2v) is 11.3. The van der Waals surface area contributed by atoms with Gasteiger partial charge < -0.3 is 5.32 Å². The summed E-state index contributed by atoms with van der Waals surface area (Å²) in [4.78, 5) is 17.4. The Kier molecular flexibility index (Phi) is 7.09. The molecule has 1 saturated heterocycles. The molecule has 0 aliphatic carbocycles. The van der Waals surface area contributed by atoms with Gasteiger partial charge in [0.2, 0.25) is 15.9 Å². The van der Waals surface area contributed by atoms with E-state index >= 15 is 0 Å². The number of sulfonamides is 1. The molecular weight excluding hydrogens is 513 g/mol. The minimum Gasteiger partial charge on any atom is -0.302 e. The molecule has 1 fully saturated rings. The van der Waals surface area contributed by atoms with Crippen molar-refractivity contribution in [1.82, 2.24) is 9.29 Å². The van der Waals surface area contributed by atoms with Crippen LogP contribution in [-0.4, -0.2) is 36.7 Å². The second-order valence-electron chi connectivity index (χ2n) is 7.29. The lowest BCUT2D eigenvalue weighted by Gasteiger charge is -2.30. The van der Waals surface area contributed by atoms with Crippen molar-refractivity contribution in [3.8, 4) is 11.3 Å². The highest BCUT2D eigenvalue weighted by Crippen LogP contribution is 2.31. The minimum atomic E-state index is -3.61. The smallest absolute Gasteiger partial charge is 0.243 e. The number of benzene rings is 2. The minimum absolute atomic E-state index is 0.163. The van der Waals surface area contributed by atoms with Crippen LogP contribution in [0, 0.1) is 5.92 Å². The number of hydrogen-bond donors (Lipinski definition) is 1. The molecule has 4 rings (SSSR count). The Labute approximate surface area is 205 Å². The number of amides is 1. The molecule has 0 unspecified atom stereocenters. The van der Waals surface area contributed by atoms with Crippen molar-refractivity contribution >= 4 is 67.2 Å². The van der Waals surface area contributed by atoms with Gasteiger partial charge in [0.25, 0.3) is 0 Å². The Bertz CT molecular complexity index is 1240. The Morgan fingerprint density at radius 3 is 2.38 bits per heavy atom. The first-order chi connectivity index (χ1) is 15.2. The molecule has 1 amide bonds. The van der Waals surface area contributed by atoms with Crippen molar-refractivity contribution in [2.75, 3.05) is 18.4 Å². The number of nitrogens with zero attached hydrogens (tertiary/aromatic N) is 2. The van der Waals surface area contributed by atoms with Gasteiger partial charge in [0, 0.05) is 35.0 Å².